The summed E-state index contributed by atoms with van der Waals surface area (Å²) in [6, 6.07) is 0. The van der Waals surface area contributed by atoms with Crippen LogP contribution in [0.1, 0.15) is 64.2 Å². The van der Waals surface area contributed by atoms with E-state index in [-0.39, 0.29) is 12.8 Å². The summed E-state index contributed by atoms with van der Waals surface area (Å²) in [5.74, 6) is 0.356. The Kier molecular flexibility index (Phi) is 12.9. The van der Waals surface area contributed by atoms with Crippen molar-refractivity contribution in [1.29, 1.82) is 0 Å². The van der Waals surface area contributed by atoms with Crippen LogP contribution in [0.3, 0.4) is 0 Å². The van der Waals surface area contributed by atoms with E-state index < -0.39 is 31.6 Å². The minimum atomic E-state index is -0.734. The quantitative estimate of drug-likeness (QED) is 0.389. The lowest BCUT2D eigenvalue weighted by atomic mass is 10.1. The highest BCUT2D eigenvalue weighted by Gasteiger charge is 2.23. The molecule has 2 heterocycles. The van der Waals surface area contributed by atoms with Crippen LogP contribution in [0.2, 0.25) is 0 Å². The molecule has 2 unspecified atom stereocenters. The number of rotatable bonds is 10. The zero-order valence-corrected chi connectivity index (χ0v) is 18.1. The first-order chi connectivity index (χ1) is 12.4. The summed E-state index contributed by atoms with van der Waals surface area (Å²) < 4.78 is 22.2. The molecule has 0 spiro atoms. The van der Waals surface area contributed by atoms with Crippen molar-refractivity contribution in [3.63, 3.8) is 0 Å². The molecule has 2 fully saturated rings. The van der Waals surface area contributed by atoms with Gasteiger partial charge in [-0.15, -0.1) is 0 Å². The van der Waals surface area contributed by atoms with Gasteiger partial charge < -0.3 is 10.2 Å². The van der Waals surface area contributed by atoms with Gasteiger partial charge in [0.2, 0.25) is 0 Å². The molecule has 0 aromatic heterocycles. The van der Waals surface area contributed by atoms with Crippen molar-refractivity contribution in [2.24, 2.45) is 0 Å². The monoisotopic (exact) mass is 444 g/mol. The summed E-state index contributed by atoms with van der Waals surface area (Å²) in [7, 11) is 1.70. The van der Waals surface area contributed by atoms with Crippen molar-refractivity contribution in [3.05, 3.63) is 0 Å². The van der Waals surface area contributed by atoms with Gasteiger partial charge in [0, 0.05) is 34.8 Å². The van der Waals surface area contributed by atoms with E-state index in [1.54, 1.807) is 10.8 Å². The normalized spacial score (nSPS) is 27.7. The topological polar surface area (TPSA) is 109 Å². The van der Waals surface area contributed by atoms with E-state index in [9.17, 15) is 18.0 Å². The molecule has 0 aromatic carbocycles. The standard InChI is InChI=1S/2C8H14O3S2/c9-8(10)4-2-1-3-7-5-6-13(11)12-7;9-8(10)4-2-1-3-7-5-6-12-13(7)11/h2*7H,1-6H2,(H,9,10)/t2*7?,13-/m00/s1. The van der Waals surface area contributed by atoms with Crippen LogP contribution >= 0.6 is 21.6 Å². The van der Waals surface area contributed by atoms with Crippen molar-refractivity contribution in [2.45, 2.75) is 74.7 Å². The predicted molar refractivity (Wildman–Crippen MR) is 110 cm³/mol. The van der Waals surface area contributed by atoms with Crippen LogP contribution in [-0.4, -0.2) is 52.6 Å². The number of hydrogen-bond donors (Lipinski definition) is 2. The second-order valence-electron chi connectivity index (χ2n) is 6.29. The van der Waals surface area contributed by atoms with Gasteiger partial charge in [-0.05, 0) is 38.5 Å². The third-order valence-corrected chi connectivity index (χ3v) is 11.2. The number of carboxylic acid groups (broad SMARTS) is 2. The van der Waals surface area contributed by atoms with Crippen molar-refractivity contribution in [3.8, 4) is 0 Å². The second-order valence-corrected chi connectivity index (χ2v) is 13.4. The molecular formula is C16H28O6S4. The molecule has 4 atom stereocenters. The lowest BCUT2D eigenvalue weighted by Crippen LogP contribution is -2.06. The molecule has 2 aliphatic rings. The first-order valence-corrected chi connectivity index (χ1v) is 14.3. The third kappa shape index (κ3) is 11.6. The highest BCUT2D eigenvalue weighted by molar-refractivity contribution is 8.70. The van der Waals surface area contributed by atoms with Crippen molar-refractivity contribution < 1.29 is 28.2 Å². The fourth-order valence-electron chi connectivity index (χ4n) is 2.66. The van der Waals surface area contributed by atoms with Crippen LogP contribution in [-0.2, 0) is 29.3 Å². The van der Waals surface area contributed by atoms with E-state index >= 15 is 0 Å². The molecule has 0 aromatic rings. The van der Waals surface area contributed by atoms with E-state index in [1.807, 2.05) is 0 Å². The average Bonchev–Trinajstić information content (AvgIpc) is 3.17. The molecule has 0 radical (unpaired) electrons. The lowest BCUT2D eigenvalue weighted by Gasteiger charge is -2.05. The van der Waals surface area contributed by atoms with E-state index in [2.05, 4.69) is 0 Å². The van der Waals surface area contributed by atoms with E-state index in [4.69, 9.17) is 10.2 Å². The molecule has 2 saturated heterocycles. The fraction of sp³-hybridized carbons (Fsp3) is 0.875. The largest absolute Gasteiger partial charge is 0.481 e. The lowest BCUT2D eigenvalue weighted by molar-refractivity contribution is -0.138. The van der Waals surface area contributed by atoms with Crippen LogP contribution in [0.15, 0.2) is 0 Å². The van der Waals surface area contributed by atoms with Crippen LogP contribution in [0, 0.1) is 0 Å². The van der Waals surface area contributed by atoms with Gasteiger partial charge in [0.1, 0.15) is 0 Å². The average molecular weight is 445 g/mol. The highest BCUT2D eigenvalue weighted by atomic mass is 33.1. The molecule has 2 aliphatic heterocycles. The van der Waals surface area contributed by atoms with Crippen molar-refractivity contribution in [1.82, 2.24) is 0 Å². The maximum atomic E-state index is 11.3. The molecular weight excluding hydrogens is 416 g/mol. The fourth-order valence-corrected chi connectivity index (χ4v) is 9.72. The second kappa shape index (κ2) is 14.0. The third-order valence-electron chi connectivity index (χ3n) is 4.09. The molecule has 0 aliphatic carbocycles. The molecule has 6 nitrogen and oxygen atoms in total. The van der Waals surface area contributed by atoms with E-state index in [0.717, 1.165) is 56.5 Å². The van der Waals surface area contributed by atoms with Gasteiger partial charge in [-0.25, -0.2) is 8.42 Å². The molecule has 0 bridgehead atoms. The Bertz CT molecular complexity index is 499. The number of carboxylic acids is 2. The predicted octanol–water partition coefficient (Wildman–Crippen LogP) is 3.60. The Hall–Kier alpha value is -0.0600. The maximum Gasteiger partial charge on any atom is 0.303 e. The molecule has 152 valence electrons. The maximum absolute atomic E-state index is 11.3. The van der Waals surface area contributed by atoms with Crippen LogP contribution in [0.25, 0.3) is 0 Å². The summed E-state index contributed by atoms with van der Waals surface area (Å²) in [6.07, 6.45) is 7.81. The molecule has 0 saturated carbocycles. The minimum Gasteiger partial charge on any atom is -0.481 e. The number of unbranched alkanes of at least 4 members (excludes halogenated alkanes) is 2. The van der Waals surface area contributed by atoms with Crippen molar-refractivity contribution in [2.75, 3.05) is 11.5 Å². The van der Waals surface area contributed by atoms with Crippen LogP contribution in [0.5, 0.6) is 0 Å². The Morgan fingerprint density at radius 2 is 1.54 bits per heavy atom. The Morgan fingerprint density at radius 1 is 0.923 bits per heavy atom. The minimum absolute atomic E-state index is 0.243. The Labute approximate surface area is 167 Å². The number of hydrogen-bond acceptors (Lipinski definition) is 6. The smallest absolute Gasteiger partial charge is 0.303 e. The Balaban J connectivity index is 0.000000260. The molecule has 2 N–H and O–H groups in total. The zero-order valence-electron chi connectivity index (χ0n) is 14.8. The van der Waals surface area contributed by atoms with Gasteiger partial charge in [0.25, 0.3) is 0 Å². The Morgan fingerprint density at radius 3 is 2.00 bits per heavy atom. The SMILES string of the molecule is O=C(O)CCCCC1CCS[S@@]1=O.O=C(O)CCCCC1CC[S@@](=O)S1. The molecule has 2 rings (SSSR count). The van der Waals surface area contributed by atoms with Gasteiger partial charge in [0.15, 0.2) is 0 Å². The van der Waals surface area contributed by atoms with Crippen molar-refractivity contribution >= 4 is 53.2 Å². The number of carbonyl (C=O) groups is 2. The van der Waals surface area contributed by atoms with Crippen LogP contribution < -0.4 is 0 Å². The summed E-state index contributed by atoms with van der Waals surface area (Å²) in [4.78, 5) is 20.4. The highest BCUT2D eigenvalue weighted by Crippen LogP contribution is 2.31. The van der Waals surface area contributed by atoms with Gasteiger partial charge in [-0.3, -0.25) is 9.59 Å². The number of aliphatic carboxylic acids is 2. The van der Waals surface area contributed by atoms with Gasteiger partial charge in [-0.2, -0.15) is 0 Å². The summed E-state index contributed by atoms with van der Waals surface area (Å²) in [5.41, 5.74) is 0. The van der Waals surface area contributed by atoms with Gasteiger partial charge in [0.05, 0.1) is 19.7 Å². The van der Waals surface area contributed by atoms with Gasteiger partial charge >= 0.3 is 11.9 Å². The van der Waals surface area contributed by atoms with E-state index in [0.29, 0.717) is 16.9 Å². The summed E-state index contributed by atoms with van der Waals surface area (Å²) >= 11 is 0. The summed E-state index contributed by atoms with van der Waals surface area (Å²) in [6.45, 7) is 0. The van der Waals surface area contributed by atoms with Crippen LogP contribution in [0.4, 0.5) is 0 Å². The zero-order chi connectivity index (χ0) is 19.4. The first-order valence-electron chi connectivity index (χ1n) is 8.91. The molecule has 10 heteroatoms. The van der Waals surface area contributed by atoms with E-state index in [1.165, 1.54) is 10.8 Å². The van der Waals surface area contributed by atoms with Gasteiger partial charge in [-0.1, -0.05) is 34.4 Å². The molecule has 26 heavy (non-hydrogen) atoms. The molecule has 0 amide bonds. The summed E-state index contributed by atoms with van der Waals surface area (Å²) in [5, 5.41) is 17.6. The first kappa shape index (κ1) is 24.0.